The maximum atomic E-state index is 11.1. The Labute approximate surface area is 114 Å². The Hall–Kier alpha value is -2.82. The average Bonchev–Trinajstić information content (AvgIpc) is 2.78. The van der Waals surface area contributed by atoms with Crippen LogP contribution in [0.4, 0.5) is 0 Å². The molecule has 0 saturated carbocycles. The monoisotopic (exact) mass is 268 g/mol. The lowest BCUT2D eigenvalue weighted by Gasteiger charge is -2.07. The molecule has 100 valence electrons. The average molecular weight is 268 g/mol. The van der Waals surface area contributed by atoms with Gasteiger partial charge >= 0.3 is 5.97 Å². The molecule has 1 heterocycles. The summed E-state index contributed by atoms with van der Waals surface area (Å²) in [6, 6.07) is 14.1. The summed E-state index contributed by atoms with van der Waals surface area (Å²) >= 11 is 0. The topological polar surface area (TPSA) is 75.3 Å². The molecule has 0 amide bonds. The Kier molecular flexibility index (Phi) is 2.87. The third-order valence-corrected chi connectivity index (χ3v) is 3.09. The number of imidazole rings is 1. The van der Waals surface area contributed by atoms with Crippen LogP contribution < -0.4 is 0 Å². The fourth-order valence-corrected chi connectivity index (χ4v) is 2.24. The summed E-state index contributed by atoms with van der Waals surface area (Å²) in [4.78, 5) is 15.5. The fourth-order valence-electron chi connectivity index (χ4n) is 2.24. The molecule has 1 aromatic heterocycles. The van der Waals surface area contributed by atoms with Crippen molar-refractivity contribution in [2.24, 2.45) is 0 Å². The molecule has 0 aliphatic carbocycles. The summed E-state index contributed by atoms with van der Waals surface area (Å²) < 4.78 is 1.59. The van der Waals surface area contributed by atoms with Crippen LogP contribution in [0.15, 0.2) is 48.5 Å². The molecule has 5 heteroatoms. The lowest BCUT2D eigenvalue weighted by molar-refractivity contribution is -0.137. The molecule has 3 aromatic rings. The summed E-state index contributed by atoms with van der Waals surface area (Å²) in [5, 5.41) is 19.0. The van der Waals surface area contributed by atoms with Gasteiger partial charge in [0.25, 0.3) is 0 Å². The molecule has 2 N–H and O–H groups in total. The van der Waals surface area contributed by atoms with Crippen molar-refractivity contribution in [1.29, 1.82) is 0 Å². The number of aromatic hydroxyl groups is 1. The molecule has 0 spiro atoms. The number of nitrogens with zero attached hydrogens (tertiary/aromatic N) is 2. The van der Waals surface area contributed by atoms with Crippen molar-refractivity contribution < 1.29 is 15.0 Å². The smallest absolute Gasteiger partial charge is 0.323 e. The molecule has 0 aliphatic rings. The van der Waals surface area contributed by atoms with Gasteiger partial charge in [-0.2, -0.15) is 0 Å². The van der Waals surface area contributed by atoms with Gasteiger partial charge in [-0.05, 0) is 24.3 Å². The minimum atomic E-state index is -0.954. The number of phenolic OH excluding ortho intramolecular Hbond substituents is 1. The van der Waals surface area contributed by atoms with Gasteiger partial charge < -0.3 is 14.8 Å². The first kappa shape index (κ1) is 12.2. The van der Waals surface area contributed by atoms with Crippen molar-refractivity contribution in [3.05, 3.63) is 48.5 Å². The van der Waals surface area contributed by atoms with E-state index in [2.05, 4.69) is 4.98 Å². The molecule has 0 atom stereocenters. The van der Waals surface area contributed by atoms with E-state index in [4.69, 9.17) is 5.11 Å². The van der Waals surface area contributed by atoms with Crippen LogP contribution in [-0.4, -0.2) is 25.7 Å². The molecule has 5 nitrogen and oxygen atoms in total. The molecule has 3 rings (SSSR count). The van der Waals surface area contributed by atoms with E-state index >= 15 is 0 Å². The zero-order valence-corrected chi connectivity index (χ0v) is 10.5. The van der Waals surface area contributed by atoms with E-state index in [0.29, 0.717) is 16.9 Å². The largest absolute Gasteiger partial charge is 0.507 e. The maximum Gasteiger partial charge on any atom is 0.323 e. The van der Waals surface area contributed by atoms with Crippen LogP contribution in [0.1, 0.15) is 0 Å². The molecule has 0 unspecified atom stereocenters. The van der Waals surface area contributed by atoms with E-state index in [1.807, 2.05) is 24.3 Å². The van der Waals surface area contributed by atoms with Crippen molar-refractivity contribution in [3.63, 3.8) is 0 Å². The number of aliphatic carboxylic acids is 1. The van der Waals surface area contributed by atoms with E-state index in [1.54, 1.807) is 28.8 Å². The van der Waals surface area contributed by atoms with Crippen LogP contribution in [0.2, 0.25) is 0 Å². The van der Waals surface area contributed by atoms with Crippen molar-refractivity contribution >= 4 is 17.0 Å². The minimum absolute atomic E-state index is 0.0782. The highest BCUT2D eigenvalue weighted by Crippen LogP contribution is 2.30. The Morgan fingerprint density at radius 3 is 2.55 bits per heavy atom. The highest BCUT2D eigenvalue weighted by Gasteiger charge is 2.16. The Bertz CT molecular complexity index is 793. The zero-order chi connectivity index (χ0) is 14.1. The van der Waals surface area contributed by atoms with Gasteiger partial charge in [-0.25, -0.2) is 4.98 Å². The van der Waals surface area contributed by atoms with Gasteiger partial charge in [0.2, 0.25) is 0 Å². The fraction of sp³-hybridized carbons (Fsp3) is 0.0667. The predicted octanol–water partition coefficient (Wildman–Crippen LogP) is 2.49. The number of hydrogen-bond donors (Lipinski definition) is 2. The maximum absolute atomic E-state index is 11.1. The van der Waals surface area contributed by atoms with Gasteiger partial charge in [0, 0.05) is 0 Å². The van der Waals surface area contributed by atoms with Crippen molar-refractivity contribution in [2.45, 2.75) is 6.54 Å². The third kappa shape index (κ3) is 1.99. The van der Waals surface area contributed by atoms with Crippen molar-refractivity contribution in [1.82, 2.24) is 9.55 Å². The number of phenols is 1. The van der Waals surface area contributed by atoms with Crippen LogP contribution in [0.5, 0.6) is 5.75 Å². The summed E-state index contributed by atoms with van der Waals surface area (Å²) in [6.07, 6.45) is 0. The number of carboxylic acids is 1. The summed E-state index contributed by atoms with van der Waals surface area (Å²) in [6.45, 7) is -0.204. The molecule has 0 aliphatic heterocycles. The van der Waals surface area contributed by atoms with Gasteiger partial charge in [0.15, 0.2) is 0 Å². The number of fused-ring (bicyclic) bond motifs is 1. The number of carbonyl (C=O) groups is 1. The summed E-state index contributed by atoms with van der Waals surface area (Å²) in [7, 11) is 0. The SMILES string of the molecule is O=C(O)Cn1c(-c2ccccc2O)nc2ccccc21. The molecular formula is C15H12N2O3. The Morgan fingerprint density at radius 2 is 1.80 bits per heavy atom. The molecule has 20 heavy (non-hydrogen) atoms. The van der Waals surface area contributed by atoms with Crippen LogP contribution in [-0.2, 0) is 11.3 Å². The Morgan fingerprint density at radius 1 is 1.10 bits per heavy atom. The van der Waals surface area contributed by atoms with Gasteiger partial charge in [0.1, 0.15) is 18.1 Å². The van der Waals surface area contributed by atoms with Crippen LogP contribution in [0.3, 0.4) is 0 Å². The van der Waals surface area contributed by atoms with Crippen LogP contribution in [0.25, 0.3) is 22.4 Å². The second-order valence-electron chi connectivity index (χ2n) is 4.42. The van der Waals surface area contributed by atoms with E-state index in [-0.39, 0.29) is 12.3 Å². The normalized spacial score (nSPS) is 10.8. The second-order valence-corrected chi connectivity index (χ2v) is 4.42. The summed E-state index contributed by atoms with van der Waals surface area (Å²) in [5.41, 5.74) is 1.95. The van der Waals surface area contributed by atoms with Gasteiger partial charge in [-0.3, -0.25) is 4.79 Å². The first-order valence-corrected chi connectivity index (χ1v) is 6.12. The third-order valence-electron chi connectivity index (χ3n) is 3.09. The number of para-hydroxylation sites is 3. The van der Waals surface area contributed by atoms with E-state index < -0.39 is 5.97 Å². The number of rotatable bonds is 3. The Balaban J connectivity index is 2.29. The zero-order valence-electron chi connectivity index (χ0n) is 10.5. The number of carboxylic acid groups (broad SMARTS) is 1. The standard InChI is InChI=1S/C15H12N2O3/c18-13-8-4-1-5-10(13)15-16-11-6-2-3-7-12(11)17(15)9-14(19)20/h1-8,18H,9H2,(H,19,20). The lowest BCUT2D eigenvalue weighted by atomic mass is 10.2. The number of hydrogen-bond acceptors (Lipinski definition) is 3. The molecule has 2 aromatic carbocycles. The van der Waals surface area contributed by atoms with E-state index in [1.165, 1.54) is 0 Å². The van der Waals surface area contributed by atoms with Crippen molar-refractivity contribution in [2.75, 3.05) is 0 Å². The number of benzene rings is 2. The molecule has 0 radical (unpaired) electrons. The highest BCUT2D eigenvalue weighted by molar-refractivity contribution is 5.83. The van der Waals surface area contributed by atoms with Gasteiger partial charge in [-0.1, -0.05) is 24.3 Å². The molecule has 0 fully saturated rings. The van der Waals surface area contributed by atoms with E-state index in [9.17, 15) is 9.90 Å². The molecule has 0 bridgehead atoms. The lowest BCUT2D eigenvalue weighted by Crippen LogP contribution is -2.10. The van der Waals surface area contributed by atoms with Crippen LogP contribution in [0, 0.1) is 0 Å². The summed E-state index contributed by atoms with van der Waals surface area (Å²) in [5.74, 6) is -0.425. The van der Waals surface area contributed by atoms with E-state index in [0.717, 1.165) is 5.52 Å². The van der Waals surface area contributed by atoms with Crippen molar-refractivity contribution in [3.8, 4) is 17.1 Å². The highest BCUT2D eigenvalue weighted by atomic mass is 16.4. The first-order chi connectivity index (χ1) is 9.66. The number of aromatic nitrogens is 2. The molecular weight excluding hydrogens is 256 g/mol. The first-order valence-electron chi connectivity index (χ1n) is 6.12. The minimum Gasteiger partial charge on any atom is -0.507 e. The van der Waals surface area contributed by atoms with Gasteiger partial charge in [0.05, 0.1) is 16.6 Å². The van der Waals surface area contributed by atoms with Crippen LogP contribution >= 0.6 is 0 Å². The molecule has 0 saturated heterocycles. The predicted molar refractivity (Wildman–Crippen MR) is 74.5 cm³/mol. The quantitative estimate of drug-likeness (QED) is 0.765. The van der Waals surface area contributed by atoms with Gasteiger partial charge in [-0.15, -0.1) is 0 Å². The second kappa shape index (κ2) is 4.70.